The minimum absolute atomic E-state index is 0. The van der Waals surface area contributed by atoms with Gasteiger partial charge in [0.1, 0.15) is 0 Å². The Bertz CT molecular complexity index is 583. The van der Waals surface area contributed by atoms with E-state index in [4.69, 9.17) is 0 Å². The van der Waals surface area contributed by atoms with Gasteiger partial charge in [-0.25, -0.2) is 0 Å². The summed E-state index contributed by atoms with van der Waals surface area (Å²) in [6, 6.07) is 7.29. The second-order valence-electron chi connectivity index (χ2n) is 4.83. The Morgan fingerprint density at radius 3 is 2.86 bits per heavy atom. The first kappa shape index (κ1) is 17.7. The van der Waals surface area contributed by atoms with Crippen molar-refractivity contribution in [3.8, 4) is 0 Å². The van der Waals surface area contributed by atoms with E-state index in [0.717, 1.165) is 6.54 Å². The van der Waals surface area contributed by atoms with Crippen molar-refractivity contribution in [2.75, 3.05) is 32.5 Å². The Morgan fingerprint density at radius 1 is 1.36 bits per heavy atom. The Kier molecular flexibility index (Phi) is 7.12. The van der Waals surface area contributed by atoms with Crippen molar-refractivity contribution in [1.29, 1.82) is 0 Å². The predicted molar refractivity (Wildman–Crippen MR) is 83.1 cm³/mol. The smallest absolute Gasteiger partial charge is 0.243 e. The maximum absolute atomic E-state index is 12.0. The summed E-state index contributed by atoms with van der Waals surface area (Å²) in [5.41, 5.74) is 1.41. The molecule has 0 fully saturated rings. The topological polar surface area (TPSA) is 60.3 Å². The highest BCUT2D eigenvalue weighted by Crippen LogP contribution is 2.18. The lowest BCUT2D eigenvalue weighted by Crippen LogP contribution is -3.00. The van der Waals surface area contributed by atoms with Crippen LogP contribution in [0.4, 0.5) is 11.4 Å². The van der Waals surface area contributed by atoms with Crippen LogP contribution in [0, 0.1) is 0 Å². The van der Waals surface area contributed by atoms with Gasteiger partial charge in [-0.15, -0.1) is 5.11 Å². The SMILES string of the molecule is CN(C)N=Nc1cccc(NC(=O)CN2C=CC=CC2)c1.[Cl-]. The average Bonchev–Trinajstić information content (AvgIpc) is 2.46. The van der Waals surface area contributed by atoms with Crippen LogP contribution in [-0.4, -0.2) is 43.0 Å². The van der Waals surface area contributed by atoms with Gasteiger partial charge in [-0.2, -0.15) is 0 Å². The van der Waals surface area contributed by atoms with E-state index in [1.807, 2.05) is 47.5 Å². The number of benzene rings is 1. The Morgan fingerprint density at radius 2 is 2.18 bits per heavy atom. The molecule has 1 N–H and O–H groups in total. The summed E-state index contributed by atoms with van der Waals surface area (Å²) >= 11 is 0. The zero-order valence-electron chi connectivity index (χ0n) is 12.6. The summed E-state index contributed by atoms with van der Waals surface area (Å²) in [6.45, 7) is 1.07. The lowest BCUT2D eigenvalue weighted by molar-refractivity contribution is -0.116. The number of hydrogen-bond acceptors (Lipinski definition) is 4. The number of nitrogens with zero attached hydrogens (tertiary/aromatic N) is 4. The third kappa shape index (κ3) is 5.97. The Hall–Kier alpha value is -2.34. The van der Waals surface area contributed by atoms with E-state index in [1.165, 1.54) is 0 Å². The molecule has 0 aliphatic carbocycles. The van der Waals surface area contributed by atoms with Crippen molar-refractivity contribution >= 4 is 17.3 Å². The standard InChI is InChI=1S/C15H19N5O.ClH/c1-19(2)18-17-14-8-6-7-13(11-14)16-15(21)12-20-9-4-3-5-10-20;/h3-9,11H,10,12H2,1-2H3,(H,16,21);1H/p-1. The van der Waals surface area contributed by atoms with Crippen LogP contribution in [0.3, 0.4) is 0 Å². The molecule has 7 heteroatoms. The fraction of sp³-hybridized carbons (Fsp3) is 0.267. The third-order valence-corrected chi connectivity index (χ3v) is 2.70. The molecular formula is C15H19ClN5O-. The van der Waals surface area contributed by atoms with E-state index < -0.39 is 0 Å². The molecule has 1 aliphatic heterocycles. The van der Waals surface area contributed by atoms with Gasteiger partial charge in [0.2, 0.25) is 5.91 Å². The molecule has 6 nitrogen and oxygen atoms in total. The number of amides is 1. The van der Waals surface area contributed by atoms with Crippen LogP contribution in [0.1, 0.15) is 0 Å². The number of halogens is 1. The fourth-order valence-electron chi connectivity index (χ4n) is 1.80. The molecule has 118 valence electrons. The molecule has 0 radical (unpaired) electrons. The highest BCUT2D eigenvalue weighted by molar-refractivity contribution is 5.92. The summed E-state index contributed by atoms with van der Waals surface area (Å²) in [6.07, 6.45) is 7.80. The summed E-state index contributed by atoms with van der Waals surface area (Å²) in [7, 11) is 3.60. The maximum Gasteiger partial charge on any atom is 0.243 e. The molecular weight excluding hydrogens is 302 g/mol. The average molecular weight is 321 g/mol. The Balaban J connectivity index is 0.00000242. The molecule has 1 aliphatic rings. The van der Waals surface area contributed by atoms with Crippen LogP contribution in [-0.2, 0) is 4.79 Å². The fourth-order valence-corrected chi connectivity index (χ4v) is 1.80. The van der Waals surface area contributed by atoms with Crippen LogP contribution in [0.2, 0.25) is 0 Å². The van der Waals surface area contributed by atoms with Crippen molar-refractivity contribution in [3.63, 3.8) is 0 Å². The molecule has 0 bridgehead atoms. The first-order valence-corrected chi connectivity index (χ1v) is 6.70. The number of nitrogens with one attached hydrogen (secondary N) is 1. The van der Waals surface area contributed by atoms with E-state index in [2.05, 4.69) is 15.7 Å². The van der Waals surface area contributed by atoms with Crippen LogP contribution in [0.25, 0.3) is 0 Å². The normalized spacial score (nSPS) is 13.1. The first-order valence-electron chi connectivity index (χ1n) is 6.70. The summed E-state index contributed by atoms with van der Waals surface area (Å²) in [4.78, 5) is 13.9. The van der Waals surface area contributed by atoms with Crippen LogP contribution in [0.15, 0.2) is 59.0 Å². The van der Waals surface area contributed by atoms with Gasteiger partial charge in [-0.3, -0.25) is 9.80 Å². The van der Waals surface area contributed by atoms with Crippen molar-refractivity contribution < 1.29 is 17.2 Å². The lowest BCUT2D eigenvalue weighted by Gasteiger charge is -2.19. The van der Waals surface area contributed by atoms with E-state index in [1.54, 1.807) is 25.2 Å². The minimum Gasteiger partial charge on any atom is -1.00 e. The van der Waals surface area contributed by atoms with Gasteiger partial charge in [-0.1, -0.05) is 23.4 Å². The summed E-state index contributed by atoms with van der Waals surface area (Å²) < 4.78 is 0. The zero-order chi connectivity index (χ0) is 15.1. The Labute approximate surface area is 136 Å². The van der Waals surface area contributed by atoms with Crippen LogP contribution >= 0.6 is 0 Å². The van der Waals surface area contributed by atoms with Gasteiger partial charge < -0.3 is 22.6 Å². The van der Waals surface area contributed by atoms with E-state index in [-0.39, 0.29) is 18.3 Å². The van der Waals surface area contributed by atoms with Gasteiger partial charge in [0.15, 0.2) is 0 Å². The maximum atomic E-state index is 12.0. The number of carbonyl (C=O) groups is 1. The highest BCUT2D eigenvalue weighted by atomic mass is 35.5. The molecule has 1 aromatic rings. The number of rotatable bonds is 5. The van der Waals surface area contributed by atoms with Gasteiger partial charge in [0.25, 0.3) is 0 Å². The zero-order valence-corrected chi connectivity index (χ0v) is 13.4. The predicted octanol–water partition coefficient (Wildman–Crippen LogP) is -0.425. The minimum atomic E-state index is -0.0587. The largest absolute Gasteiger partial charge is 1.00 e. The first-order chi connectivity index (χ1) is 10.1. The summed E-state index contributed by atoms with van der Waals surface area (Å²) in [5, 5.41) is 12.5. The molecule has 22 heavy (non-hydrogen) atoms. The monoisotopic (exact) mass is 320 g/mol. The van der Waals surface area contributed by atoms with E-state index in [9.17, 15) is 4.79 Å². The molecule has 0 spiro atoms. The van der Waals surface area contributed by atoms with Crippen molar-refractivity contribution in [1.82, 2.24) is 9.91 Å². The molecule has 0 unspecified atom stereocenters. The second-order valence-corrected chi connectivity index (χ2v) is 4.83. The van der Waals surface area contributed by atoms with Crippen LogP contribution < -0.4 is 17.7 Å². The number of anilines is 1. The molecule has 2 rings (SSSR count). The molecule has 0 aromatic heterocycles. The van der Waals surface area contributed by atoms with Crippen molar-refractivity contribution in [2.45, 2.75) is 0 Å². The lowest BCUT2D eigenvalue weighted by atomic mass is 10.3. The number of hydrogen-bond donors (Lipinski definition) is 1. The molecule has 0 atom stereocenters. The molecule has 0 saturated heterocycles. The molecule has 1 amide bonds. The second kappa shape index (κ2) is 8.84. The molecule has 0 saturated carbocycles. The van der Waals surface area contributed by atoms with Crippen LogP contribution in [0.5, 0.6) is 0 Å². The number of carbonyl (C=O) groups excluding carboxylic acids is 1. The van der Waals surface area contributed by atoms with E-state index >= 15 is 0 Å². The highest BCUT2D eigenvalue weighted by Gasteiger charge is 2.07. The van der Waals surface area contributed by atoms with E-state index in [0.29, 0.717) is 17.9 Å². The number of allylic oxidation sites excluding steroid dienone is 2. The van der Waals surface area contributed by atoms with Gasteiger partial charge in [0.05, 0.1) is 12.2 Å². The van der Waals surface area contributed by atoms with Crippen molar-refractivity contribution in [2.24, 2.45) is 10.3 Å². The molecule has 1 aromatic carbocycles. The molecule has 1 heterocycles. The third-order valence-electron chi connectivity index (χ3n) is 2.70. The van der Waals surface area contributed by atoms with Gasteiger partial charge in [0, 0.05) is 26.3 Å². The van der Waals surface area contributed by atoms with Gasteiger partial charge >= 0.3 is 0 Å². The van der Waals surface area contributed by atoms with Crippen molar-refractivity contribution in [3.05, 3.63) is 48.7 Å². The van der Waals surface area contributed by atoms with Gasteiger partial charge in [-0.05, 0) is 30.5 Å². The quantitative estimate of drug-likeness (QED) is 0.592. The summed E-state index contributed by atoms with van der Waals surface area (Å²) in [5.74, 6) is -0.0587.